The Balaban J connectivity index is 1.78. The number of aromatic nitrogens is 1. The van der Waals surface area contributed by atoms with Crippen molar-refractivity contribution in [1.82, 2.24) is 10.3 Å². The highest BCUT2D eigenvalue weighted by Crippen LogP contribution is 2.43. The van der Waals surface area contributed by atoms with Gasteiger partial charge in [0.05, 0.1) is 15.2 Å². The van der Waals surface area contributed by atoms with Gasteiger partial charge >= 0.3 is 0 Å². The number of hydrogen-bond donors (Lipinski definition) is 1. The Bertz CT molecular complexity index is 592. The van der Waals surface area contributed by atoms with Crippen LogP contribution in [0.3, 0.4) is 0 Å². The van der Waals surface area contributed by atoms with Crippen LogP contribution < -0.4 is 5.32 Å². The fourth-order valence-corrected chi connectivity index (χ4v) is 4.05. The molecular formula is C15H18N2S. The van der Waals surface area contributed by atoms with Crippen LogP contribution in [0.15, 0.2) is 18.2 Å². The van der Waals surface area contributed by atoms with Gasteiger partial charge in [0.2, 0.25) is 0 Å². The summed E-state index contributed by atoms with van der Waals surface area (Å²) in [6.45, 7) is 3.45. The summed E-state index contributed by atoms with van der Waals surface area (Å²) >= 11 is 1.89. The van der Waals surface area contributed by atoms with Gasteiger partial charge in [0.15, 0.2) is 0 Å². The zero-order valence-corrected chi connectivity index (χ0v) is 11.5. The summed E-state index contributed by atoms with van der Waals surface area (Å²) in [4.78, 5) is 4.83. The van der Waals surface area contributed by atoms with Crippen molar-refractivity contribution in [2.24, 2.45) is 0 Å². The first-order valence-electron chi connectivity index (χ1n) is 6.91. The molecule has 0 spiro atoms. The molecule has 1 saturated carbocycles. The molecule has 18 heavy (non-hydrogen) atoms. The van der Waals surface area contributed by atoms with Crippen LogP contribution >= 0.6 is 11.3 Å². The highest BCUT2D eigenvalue weighted by Gasteiger charge is 2.31. The van der Waals surface area contributed by atoms with Crippen molar-refractivity contribution in [2.75, 3.05) is 6.54 Å². The van der Waals surface area contributed by atoms with E-state index in [1.807, 2.05) is 11.3 Å². The van der Waals surface area contributed by atoms with Gasteiger partial charge in [0, 0.05) is 11.5 Å². The highest BCUT2D eigenvalue weighted by molar-refractivity contribution is 7.18. The maximum atomic E-state index is 4.83. The molecule has 1 aromatic carbocycles. The first kappa shape index (κ1) is 10.9. The molecule has 2 fully saturated rings. The smallest absolute Gasteiger partial charge is 0.0969 e. The van der Waals surface area contributed by atoms with Crippen LogP contribution in [0, 0.1) is 0 Å². The molecule has 1 aliphatic heterocycles. The highest BCUT2D eigenvalue weighted by atomic mass is 32.1. The second kappa shape index (κ2) is 3.78. The maximum Gasteiger partial charge on any atom is 0.0969 e. The van der Waals surface area contributed by atoms with Crippen molar-refractivity contribution < 1.29 is 0 Å². The Hall–Kier alpha value is -0.930. The molecule has 1 atom stereocenters. The molecule has 0 bridgehead atoms. The van der Waals surface area contributed by atoms with Crippen molar-refractivity contribution in [3.63, 3.8) is 0 Å². The fourth-order valence-electron chi connectivity index (χ4n) is 2.93. The standard InChI is InChI=1S/C15H18N2S/c1-15(7-2-8-16-15)11-5-6-13-12(9-11)17-14(18-13)10-3-4-10/h5-6,9-10,16H,2-4,7-8H2,1H3. The Morgan fingerprint density at radius 2 is 2.28 bits per heavy atom. The average Bonchev–Trinajstić information content (AvgIpc) is 2.99. The van der Waals surface area contributed by atoms with E-state index in [0.29, 0.717) is 0 Å². The zero-order valence-electron chi connectivity index (χ0n) is 10.7. The molecule has 2 nitrogen and oxygen atoms in total. The predicted molar refractivity (Wildman–Crippen MR) is 76.2 cm³/mol. The third kappa shape index (κ3) is 1.69. The Kier molecular flexibility index (Phi) is 2.30. The Morgan fingerprint density at radius 3 is 3.00 bits per heavy atom. The number of hydrogen-bond acceptors (Lipinski definition) is 3. The zero-order chi connectivity index (χ0) is 12.2. The van der Waals surface area contributed by atoms with Gasteiger partial charge in [-0.2, -0.15) is 0 Å². The molecule has 0 amide bonds. The van der Waals surface area contributed by atoms with Crippen molar-refractivity contribution in [2.45, 2.75) is 44.1 Å². The third-order valence-corrected chi connectivity index (χ3v) is 5.54. The van der Waals surface area contributed by atoms with Crippen LogP contribution in [0.25, 0.3) is 10.2 Å². The van der Waals surface area contributed by atoms with E-state index in [-0.39, 0.29) is 5.54 Å². The van der Waals surface area contributed by atoms with Crippen molar-refractivity contribution in [1.29, 1.82) is 0 Å². The molecule has 2 aliphatic rings. The van der Waals surface area contributed by atoms with E-state index in [1.54, 1.807) is 0 Å². The van der Waals surface area contributed by atoms with E-state index in [0.717, 1.165) is 12.5 Å². The normalized spacial score (nSPS) is 28.1. The summed E-state index contributed by atoms with van der Waals surface area (Å²) in [5.74, 6) is 0.769. The number of nitrogens with zero attached hydrogens (tertiary/aromatic N) is 1. The molecule has 2 aromatic rings. The van der Waals surface area contributed by atoms with Gasteiger partial charge in [-0.25, -0.2) is 4.98 Å². The maximum absolute atomic E-state index is 4.83. The van der Waals surface area contributed by atoms with Gasteiger partial charge in [-0.1, -0.05) is 6.07 Å². The number of thiazole rings is 1. The van der Waals surface area contributed by atoms with E-state index >= 15 is 0 Å². The summed E-state index contributed by atoms with van der Waals surface area (Å²) in [5.41, 5.74) is 2.77. The molecule has 1 aromatic heterocycles. The summed E-state index contributed by atoms with van der Waals surface area (Å²) in [6.07, 6.45) is 5.19. The number of nitrogens with one attached hydrogen (secondary N) is 1. The molecule has 0 radical (unpaired) electrons. The fraction of sp³-hybridized carbons (Fsp3) is 0.533. The lowest BCUT2D eigenvalue weighted by atomic mass is 9.90. The van der Waals surface area contributed by atoms with Gasteiger partial charge in [-0.05, 0) is 56.8 Å². The molecule has 1 saturated heterocycles. The molecular weight excluding hydrogens is 240 g/mol. The summed E-state index contributed by atoms with van der Waals surface area (Å²) in [6, 6.07) is 6.85. The number of rotatable bonds is 2. The van der Waals surface area contributed by atoms with E-state index in [1.165, 1.54) is 46.5 Å². The summed E-state index contributed by atoms with van der Waals surface area (Å²) in [7, 11) is 0. The summed E-state index contributed by atoms with van der Waals surface area (Å²) < 4.78 is 1.35. The van der Waals surface area contributed by atoms with Crippen molar-refractivity contribution in [3.8, 4) is 0 Å². The van der Waals surface area contributed by atoms with Gasteiger partial charge in [-0.3, -0.25) is 0 Å². The molecule has 4 rings (SSSR count). The Labute approximate surface area is 111 Å². The van der Waals surface area contributed by atoms with Crippen LogP contribution in [0.1, 0.15) is 49.1 Å². The van der Waals surface area contributed by atoms with E-state index in [2.05, 4.69) is 30.4 Å². The van der Waals surface area contributed by atoms with Gasteiger partial charge < -0.3 is 5.32 Å². The molecule has 94 valence electrons. The monoisotopic (exact) mass is 258 g/mol. The minimum atomic E-state index is 0.164. The Morgan fingerprint density at radius 1 is 1.39 bits per heavy atom. The average molecular weight is 258 g/mol. The first-order valence-corrected chi connectivity index (χ1v) is 7.72. The van der Waals surface area contributed by atoms with Crippen LogP contribution in [-0.2, 0) is 5.54 Å². The van der Waals surface area contributed by atoms with E-state index < -0.39 is 0 Å². The van der Waals surface area contributed by atoms with Crippen LogP contribution in [0.4, 0.5) is 0 Å². The van der Waals surface area contributed by atoms with Crippen LogP contribution in [0.2, 0.25) is 0 Å². The molecule has 1 unspecified atom stereocenters. The minimum absolute atomic E-state index is 0.164. The van der Waals surface area contributed by atoms with Crippen LogP contribution in [0.5, 0.6) is 0 Å². The second-order valence-corrected chi connectivity index (χ2v) is 6.93. The number of fused-ring (bicyclic) bond motifs is 1. The van der Waals surface area contributed by atoms with Gasteiger partial charge in [0.25, 0.3) is 0 Å². The lowest BCUT2D eigenvalue weighted by molar-refractivity contribution is 0.435. The molecule has 2 heterocycles. The first-order chi connectivity index (χ1) is 8.74. The topological polar surface area (TPSA) is 24.9 Å². The van der Waals surface area contributed by atoms with Crippen molar-refractivity contribution >= 4 is 21.6 Å². The third-order valence-electron chi connectivity index (χ3n) is 4.34. The predicted octanol–water partition coefficient (Wildman–Crippen LogP) is 3.77. The quantitative estimate of drug-likeness (QED) is 0.887. The molecule has 1 N–H and O–H groups in total. The van der Waals surface area contributed by atoms with Gasteiger partial charge in [0.1, 0.15) is 0 Å². The number of benzene rings is 1. The minimum Gasteiger partial charge on any atom is -0.308 e. The lowest BCUT2D eigenvalue weighted by Gasteiger charge is -2.24. The largest absolute Gasteiger partial charge is 0.308 e. The summed E-state index contributed by atoms with van der Waals surface area (Å²) in [5, 5.41) is 4.98. The lowest BCUT2D eigenvalue weighted by Crippen LogP contribution is -2.32. The van der Waals surface area contributed by atoms with Gasteiger partial charge in [-0.15, -0.1) is 11.3 Å². The second-order valence-electron chi connectivity index (χ2n) is 5.87. The molecule has 3 heteroatoms. The SMILES string of the molecule is CC1(c2ccc3sc(C4CC4)nc3c2)CCCN1. The molecule has 1 aliphatic carbocycles. The van der Waals surface area contributed by atoms with Crippen LogP contribution in [-0.4, -0.2) is 11.5 Å². The van der Waals surface area contributed by atoms with Crippen molar-refractivity contribution in [3.05, 3.63) is 28.8 Å². The van der Waals surface area contributed by atoms with E-state index in [4.69, 9.17) is 4.98 Å². The van der Waals surface area contributed by atoms with E-state index in [9.17, 15) is 0 Å².